The molecule has 0 atom stereocenters. The van der Waals surface area contributed by atoms with Crippen LogP contribution in [0, 0.1) is 0 Å². The molecule has 27 heavy (non-hydrogen) atoms. The van der Waals surface area contributed by atoms with Crippen LogP contribution in [0.25, 0.3) is 11.4 Å². The zero-order valence-corrected chi connectivity index (χ0v) is 15.1. The van der Waals surface area contributed by atoms with Crippen LogP contribution in [0.1, 0.15) is 15.2 Å². The lowest BCUT2D eigenvalue weighted by Gasteiger charge is -2.09. The topological polar surface area (TPSA) is 71.0 Å². The van der Waals surface area contributed by atoms with Gasteiger partial charge in [-0.2, -0.15) is 13.2 Å². The molecule has 3 aromatic rings. The molecule has 0 spiro atoms. The monoisotopic (exact) mass is 393 g/mol. The van der Waals surface area contributed by atoms with Crippen LogP contribution in [0.5, 0.6) is 0 Å². The summed E-state index contributed by atoms with van der Waals surface area (Å²) in [5.74, 6) is -0.298. The average molecular weight is 393 g/mol. The SMILES string of the molecule is CN(C)C(=O)c1sc(Nc2cc(C(F)(F)F)ccn2)nc1-c1ccccn1. The summed E-state index contributed by atoms with van der Waals surface area (Å²) in [6, 6.07) is 6.96. The van der Waals surface area contributed by atoms with Crippen LogP contribution in [-0.2, 0) is 6.18 Å². The minimum absolute atomic E-state index is 0.0185. The molecule has 1 N–H and O–H groups in total. The maximum absolute atomic E-state index is 12.9. The largest absolute Gasteiger partial charge is 0.416 e. The van der Waals surface area contributed by atoms with E-state index in [1.165, 1.54) is 4.90 Å². The molecule has 0 aliphatic rings. The molecule has 0 aliphatic carbocycles. The number of carbonyl (C=O) groups excluding carboxylic acids is 1. The number of hydrogen-bond acceptors (Lipinski definition) is 6. The van der Waals surface area contributed by atoms with Gasteiger partial charge in [0.25, 0.3) is 5.91 Å². The minimum atomic E-state index is -4.48. The van der Waals surface area contributed by atoms with Crippen molar-refractivity contribution in [3.05, 3.63) is 53.2 Å². The van der Waals surface area contributed by atoms with Crippen molar-refractivity contribution in [3.8, 4) is 11.4 Å². The van der Waals surface area contributed by atoms with Gasteiger partial charge in [-0.25, -0.2) is 9.97 Å². The van der Waals surface area contributed by atoms with E-state index in [1.54, 1.807) is 38.5 Å². The first-order chi connectivity index (χ1) is 12.8. The van der Waals surface area contributed by atoms with Gasteiger partial charge in [-0.15, -0.1) is 0 Å². The Morgan fingerprint density at radius 1 is 1.15 bits per heavy atom. The van der Waals surface area contributed by atoms with Crippen LogP contribution in [0.15, 0.2) is 42.7 Å². The number of aromatic nitrogens is 3. The number of carbonyl (C=O) groups is 1. The highest BCUT2D eigenvalue weighted by Crippen LogP contribution is 2.34. The molecule has 6 nitrogen and oxygen atoms in total. The number of amides is 1. The van der Waals surface area contributed by atoms with Crippen LogP contribution < -0.4 is 5.32 Å². The van der Waals surface area contributed by atoms with Crippen molar-refractivity contribution < 1.29 is 18.0 Å². The van der Waals surface area contributed by atoms with E-state index in [0.717, 1.165) is 29.7 Å². The Kier molecular flexibility index (Phi) is 5.08. The number of thiazole rings is 1. The average Bonchev–Trinajstić information content (AvgIpc) is 3.05. The van der Waals surface area contributed by atoms with Crippen molar-refractivity contribution in [1.82, 2.24) is 19.9 Å². The van der Waals surface area contributed by atoms with Gasteiger partial charge in [-0.1, -0.05) is 17.4 Å². The summed E-state index contributed by atoms with van der Waals surface area (Å²) in [5, 5.41) is 2.98. The third-order valence-electron chi connectivity index (χ3n) is 3.46. The fraction of sp³-hybridized carbons (Fsp3) is 0.176. The number of pyridine rings is 2. The molecule has 3 heterocycles. The Morgan fingerprint density at radius 2 is 1.93 bits per heavy atom. The lowest BCUT2D eigenvalue weighted by molar-refractivity contribution is -0.137. The Bertz CT molecular complexity index is 957. The molecule has 0 bridgehead atoms. The number of anilines is 2. The summed E-state index contributed by atoms with van der Waals surface area (Å²) in [6.45, 7) is 0. The summed E-state index contributed by atoms with van der Waals surface area (Å²) in [7, 11) is 3.21. The lowest BCUT2D eigenvalue weighted by Crippen LogP contribution is -2.21. The highest BCUT2D eigenvalue weighted by atomic mass is 32.1. The summed E-state index contributed by atoms with van der Waals surface area (Å²) >= 11 is 1.02. The molecule has 3 rings (SSSR count). The number of nitrogens with zero attached hydrogens (tertiary/aromatic N) is 4. The van der Waals surface area contributed by atoms with E-state index in [-0.39, 0.29) is 16.9 Å². The maximum atomic E-state index is 12.9. The Hall–Kier alpha value is -3.01. The van der Waals surface area contributed by atoms with E-state index < -0.39 is 11.7 Å². The predicted octanol–water partition coefficient (Wildman–Crippen LogP) is 4.06. The van der Waals surface area contributed by atoms with Gasteiger partial charge >= 0.3 is 6.18 Å². The van der Waals surface area contributed by atoms with E-state index in [9.17, 15) is 18.0 Å². The summed E-state index contributed by atoms with van der Waals surface area (Å²) in [6.07, 6.45) is -1.85. The minimum Gasteiger partial charge on any atom is -0.344 e. The molecule has 1 amide bonds. The van der Waals surface area contributed by atoms with E-state index in [4.69, 9.17) is 0 Å². The summed E-state index contributed by atoms with van der Waals surface area (Å²) in [5.41, 5.74) is 0.0175. The van der Waals surface area contributed by atoms with E-state index in [0.29, 0.717) is 16.3 Å². The fourth-order valence-corrected chi connectivity index (χ4v) is 3.19. The second kappa shape index (κ2) is 7.31. The van der Waals surface area contributed by atoms with Crippen molar-refractivity contribution in [2.45, 2.75) is 6.18 Å². The van der Waals surface area contributed by atoms with E-state index >= 15 is 0 Å². The highest BCUT2D eigenvalue weighted by molar-refractivity contribution is 7.18. The molecular weight excluding hydrogens is 379 g/mol. The third-order valence-corrected chi connectivity index (χ3v) is 4.42. The fourth-order valence-electron chi connectivity index (χ4n) is 2.18. The van der Waals surface area contributed by atoms with Crippen LogP contribution in [0.2, 0.25) is 0 Å². The van der Waals surface area contributed by atoms with Gasteiger partial charge in [0.05, 0.1) is 11.3 Å². The first-order valence-corrected chi connectivity index (χ1v) is 8.51. The zero-order chi connectivity index (χ0) is 19.6. The molecule has 10 heteroatoms. The van der Waals surface area contributed by atoms with Crippen molar-refractivity contribution in [2.75, 3.05) is 19.4 Å². The first-order valence-electron chi connectivity index (χ1n) is 7.70. The van der Waals surface area contributed by atoms with Crippen LogP contribution in [0.3, 0.4) is 0 Å². The van der Waals surface area contributed by atoms with Crippen LogP contribution >= 0.6 is 11.3 Å². The molecule has 0 saturated heterocycles. The standard InChI is InChI=1S/C17H14F3N5OS/c1-25(2)15(26)14-13(11-5-3-4-7-21-11)24-16(27-14)23-12-9-10(6-8-22-12)17(18,19)20/h3-9H,1-2H3,(H,22,23,24). The molecule has 0 unspecified atom stereocenters. The Morgan fingerprint density at radius 3 is 2.56 bits per heavy atom. The first kappa shape index (κ1) is 18.8. The molecular formula is C17H14F3N5OS. The Balaban J connectivity index is 1.99. The van der Waals surface area contributed by atoms with Gasteiger partial charge in [0.15, 0.2) is 5.13 Å². The van der Waals surface area contributed by atoms with Crippen molar-refractivity contribution in [1.29, 1.82) is 0 Å². The number of hydrogen-bond donors (Lipinski definition) is 1. The van der Waals surface area contributed by atoms with Gasteiger partial charge in [-0.3, -0.25) is 9.78 Å². The van der Waals surface area contributed by atoms with Gasteiger partial charge in [0.2, 0.25) is 0 Å². The van der Waals surface area contributed by atoms with Crippen molar-refractivity contribution in [2.24, 2.45) is 0 Å². The second-order valence-electron chi connectivity index (χ2n) is 5.66. The zero-order valence-electron chi connectivity index (χ0n) is 14.3. The highest BCUT2D eigenvalue weighted by Gasteiger charge is 2.31. The molecule has 0 fully saturated rings. The third kappa shape index (κ3) is 4.22. The summed E-state index contributed by atoms with van der Waals surface area (Å²) in [4.78, 5) is 26.6. The van der Waals surface area contributed by atoms with Crippen molar-refractivity contribution >= 4 is 28.2 Å². The quantitative estimate of drug-likeness (QED) is 0.724. The van der Waals surface area contributed by atoms with Crippen LogP contribution in [-0.4, -0.2) is 39.9 Å². The molecule has 3 aromatic heterocycles. The van der Waals surface area contributed by atoms with Gasteiger partial charge in [0, 0.05) is 26.5 Å². The smallest absolute Gasteiger partial charge is 0.344 e. The van der Waals surface area contributed by atoms with Crippen molar-refractivity contribution in [3.63, 3.8) is 0 Å². The molecule has 0 radical (unpaired) electrons. The molecule has 0 saturated carbocycles. The Labute approximate surface area is 156 Å². The molecule has 0 aromatic carbocycles. The predicted molar refractivity (Wildman–Crippen MR) is 95.9 cm³/mol. The summed E-state index contributed by atoms with van der Waals surface area (Å²) < 4.78 is 38.6. The van der Waals surface area contributed by atoms with E-state index in [1.807, 2.05) is 0 Å². The van der Waals surface area contributed by atoms with Crippen LogP contribution in [0.4, 0.5) is 24.1 Å². The maximum Gasteiger partial charge on any atom is 0.416 e. The van der Waals surface area contributed by atoms with Gasteiger partial charge in [0.1, 0.15) is 16.4 Å². The number of alkyl halides is 3. The molecule has 0 aliphatic heterocycles. The normalized spacial score (nSPS) is 11.3. The number of nitrogens with one attached hydrogen (secondary N) is 1. The molecule has 140 valence electrons. The van der Waals surface area contributed by atoms with Gasteiger partial charge < -0.3 is 10.2 Å². The number of halogens is 3. The van der Waals surface area contributed by atoms with Gasteiger partial charge in [-0.05, 0) is 24.3 Å². The lowest BCUT2D eigenvalue weighted by atomic mass is 10.2. The second-order valence-corrected chi connectivity index (χ2v) is 6.66. The number of rotatable bonds is 4. The van der Waals surface area contributed by atoms with E-state index in [2.05, 4.69) is 20.3 Å².